The van der Waals surface area contributed by atoms with Gasteiger partial charge in [0.1, 0.15) is 5.82 Å². The van der Waals surface area contributed by atoms with E-state index in [1.54, 1.807) is 18.3 Å². The summed E-state index contributed by atoms with van der Waals surface area (Å²) in [6.45, 7) is 2.88. The van der Waals surface area contributed by atoms with E-state index in [1.165, 1.54) is 0 Å². The molecule has 0 atom stereocenters. The number of hydrogen-bond donors (Lipinski definition) is 2. The summed E-state index contributed by atoms with van der Waals surface area (Å²) >= 11 is 0. The van der Waals surface area contributed by atoms with Crippen molar-refractivity contribution in [2.75, 3.05) is 11.4 Å². The maximum absolute atomic E-state index is 12.6. The summed E-state index contributed by atoms with van der Waals surface area (Å²) in [4.78, 5) is 17.7. The van der Waals surface area contributed by atoms with Crippen LogP contribution in [0.3, 0.4) is 0 Å². The summed E-state index contributed by atoms with van der Waals surface area (Å²) in [6.07, 6.45) is -2.54. The van der Waals surface area contributed by atoms with Crippen molar-refractivity contribution in [3.63, 3.8) is 0 Å². The van der Waals surface area contributed by atoms with Crippen LogP contribution in [0, 0.1) is 0 Å². The number of tetrazole rings is 1. The van der Waals surface area contributed by atoms with Crippen molar-refractivity contribution in [1.29, 1.82) is 0 Å². The first-order chi connectivity index (χ1) is 17.4. The number of aromatic amines is 1. The highest BCUT2D eigenvalue weighted by atomic mass is 19.4. The Labute approximate surface area is 205 Å². The molecule has 36 heavy (non-hydrogen) atoms. The summed E-state index contributed by atoms with van der Waals surface area (Å²) < 4.78 is 37.9. The van der Waals surface area contributed by atoms with Crippen molar-refractivity contribution in [2.45, 2.75) is 32.6 Å². The number of hydrogen-bond acceptors (Lipinski definition) is 6. The van der Waals surface area contributed by atoms with E-state index >= 15 is 0 Å². The maximum atomic E-state index is 12.6. The molecule has 0 fully saturated rings. The van der Waals surface area contributed by atoms with Crippen LogP contribution in [0.1, 0.15) is 24.5 Å². The zero-order chi connectivity index (χ0) is 25.5. The van der Waals surface area contributed by atoms with Gasteiger partial charge in [-0.2, -0.15) is 13.2 Å². The Morgan fingerprint density at radius 3 is 2.44 bits per heavy atom. The van der Waals surface area contributed by atoms with E-state index in [4.69, 9.17) is 0 Å². The van der Waals surface area contributed by atoms with Crippen molar-refractivity contribution in [1.82, 2.24) is 30.9 Å². The Kier molecular flexibility index (Phi) is 7.57. The fourth-order valence-corrected chi connectivity index (χ4v) is 3.88. The third-order valence-electron chi connectivity index (χ3n) is 5.52. The zero-order valence-corrected chi connectivity index (χ0v) is 19.5. The van der Waals surface area contributed by atoms with Crippen LogP contribution >= 0.6 is 0 Å². The van der Waals surface area contributed by atoms with Gasteiger partial charge in [-0.15, -0.1) is 5.10 Å². The van der Waals surface area contributed by atoms with Gasteiger partial charge in [-0.3, -0.25) is 4.79 Å². The van der Waals surface area contributed by atoms with Crippen molar-refractivity contribution in [3.05, 3.63) is 78.0 Å². The lowest BCUT2D eigenvalue weighted by Crippen LogP contribution is -2.36. The molecule has 8 nitrogen and oxygen atoms in total. The average molecular weight is 496 g/mol. The Morgan fingerprint density at radius 2 is 1.78 bits per heavy atom. The lowest BCUT2D eigenvalue weighted by atomic mass is 9.98. The standard InChI is InChI=1S/C25H24F3N7O/c1-2-14-35(23-19(6-5-13-29-23)15-30-24(36)25(26,27)28)16-17-9-11-18(12-10-17)20-7-3-4-8-21(20)22-31-33-34-32-22/h3-13H,2,14-16H2,1H3,(H,30,36)(H,31,32,33,34). The van der Waals surface area contributed by atoms with Gasteiger partial charge in [0.25, 0.3) is 0 Å². The van der Waals surface area contributed by atoms with Gasteiger partial charge in [-0.05, 0) is 39.6 Å². The van der Waals surface area contributed by atoms with E-state index < -0.39 is 12.1 Å². The molecule has 0 saturated heterocycles. The van der Waals surface area contributed by atoms with Crippen molar-refractivity contribution in [2.24, 2.45) is 0 Å². The molecule has 0 radical (unpaired) electrons. The molecule has 186 valence electrons. The zero-order valence-electron chi connectivity index (χ0n) is 19.5. The van der Waals surface area contributed by atoms with Crippen molar-refractivity contribution < 1.29 is 18.0 Å². The number of aromatic nitrogens is 5. The van der Waals surface area contributed by atoms with Crippen LogP contribution in [-0.2, 0) is 17.9 Å². The fraction of sp³-hybridized carbons (Fsp3) is 0.240. The van der Waals surface area contributed by atoms with Gasteiger partial charge in [0.15, 0.2) is 5.82 Å². The molecule has 11 heteroatoms. The third kappa shape index (κ3) is 5.85. The summed E-state index contributed by atoms with van der Waals surface area (Å²) in [5.74, 6) is -0.866. The monoisotopic (exact) mass is 495 g/mol. The van der Waals surface area contributed by atoms with E-state index in [2.05, 4.69) is 25.6 Å². The highest BCUT2D eigenvalue weighted by molar-refractivity contribution is 5.82. The van der Waals surface area contributed by atoms with Gasteiger partial charge in [0.2, 0.25) is 0 Å². The molecule has 0 aliphatic carbocycles. The average Bonchev–Trinajstić information content (AvgIpc) is 3.42. The molecule has 0 aliphatic heterocycles. The van der Waals surface area contributed by atoms with Gasteiger partial charge >= 0.3 is 12.1 Å². The summed E-state index contributed by atoms with van der Waals surface area (Å²) in [6, 6.07) is 19.1. The smallest absolute Gasteiger partial charge is 0.352 e. The van der Waals surface area contributed by atoms with Crippen LogP contribution in [0.2, 0.25) is 0 Å². The first-order valence-corrected chi connectivity index (χ1v) is 11.3. The van der Waals surface area contributed by atoms with E-state index in [1.807, 2.05) is 65.7 Å². The summed E-state index contributed by atoms with van der Waals surface area (Å²) in [7, 11) is 0. The molecule has 0 aliphatic rings. The largest absolute Gasteiger partial charge is 0.471 e. The van der Waals surface area contributed by atoms with Crippen LogP contribution in [0.15, 0.2) is 66.9 Å². The number of halogens is 3. The number of carbonyl (C=O) groups excluding carboxylic acids is 1. The van der Waals surface area contributed by atoms with Gasteiger partial charge in [0, 0.05) is 37.0 Å². The number of rotatable bonds is 9. The molecule has 0 spiro atoms. The van der Waals surface area contributed by atoms with Crippen LogP contribution in [-0.4, -0.2) is 44.2 Å². The number of pyridine rings is 1. The molecule has 0 bridgehead atoms. The number of alkyl halides is 3. The number of anilines is 1. The van der Waals surface area contributed by atoms with Gasteiger partial charge in [0.05, 0.1) is 0 Å². The quantitative estimate of drug-likeness (QED) is 0.354. The molecule has 4 aromatic rings. The van der Waals surface area contributed by atoms with Crippen LogP contribution in [0.4, 0.5) is 19.0 Å². The Balaban J connectivity index is 1.54. The highest BCUT2D eigenvalue weighted by Crippen LogP contribution is 2.30. The van der Waals surface area contributed by atoms with E-state index in [0.29, 0.717) is 30.3 Å². The molecular formula is C25H24F3N7O. The fourth-order valence-electron chi connectivity index (χ4n) is 3.88. The molecule has 2 aromatic carbocycles. The van der Waals surface area contributed by atoms with E-state index in [9.17, 15) is 18.0 Å². The lowest BCUT2D eigenvalue weighted by molar-refractivity contribution is -0.173. The predicted molar refractivity (Wildman–Crippen MR) is 129 cm³/mol. The van der Waals surface area contributed by atoms with Gasteiger partial charge < -0.3 is 10.2 Å². The summed E-state index contributed by atoms with van der Waals surface area (Å²) in [5, 5.41) is 16.1. The minimum absolute atomic E-state index is 0.270. The van der Waals surface area contributed by atoms with Crippen LogP contribution < -0.4 is 10.2 Å². The normalized spacial score (nSPS) is 11.3. The predicted octanol–water partition coefficient (Wildman–Crippen LogP) is 4.52. The Bertz CT molecular complexity index is 1290. The number of nitrogens with zero attached hydrogens (tertiary/aromatic N) is 5. The van der Waals surface area contributed by atoms with Crippen molar-refractivity contribution >= 4 is 11.7 Å². The van der Waals surface area contributed by atoms with Crippen LogP contribution in [0.25, 0.3) is 22.5 Å². The topological polar surface area (TPSA) is 99.7 Å². The molecule has 2 heterocycles. The Hall–Kier alpha value is -4.28. The minimum Gasteiger partial charge on any atom is -0.352 e. The van der Waals surface area contributed by atoms with Gasteiger partial charge in [-0.25, -0.2) is 10.1 Å². The molecular weight excluding hydrogens is 471 g/mol. The molecule has 0 saturated carbocycles. The number of amides is 1. The van der Waals surface area contributed by atoms with E-state index in [0.717, 1.165) is 28.7 Å². The first-order valence-electron chi connectivity index (χ1n) is 11.3. The first kappa shape index (κ1) is 24.8. The molecule has 4 rings (SSSR count). The SMILES string of the molecule is CCCN(Cc1ccc(-c2ccccc2-c2nnn[nH]2)cc1)c1ncccc1CNC(=O)C(F)(F)F. The number of H-pyrrole nitrogens is 1. The van der Waals surface area contributed by atoms with Gasteiger partial charge in [-0.1, -0.05) is 61.5 Å². The number of carbonyl (C=O) groups is 1. The number of nitrogens with one attached hydrogen (secondary N) is 2. The maximum Gasteiger partial charge on any atom is 0.471 e. The number of benzene rings is 2. The second kappa shape index (κ2) is 11.0. The van der Waals surface area contributed by atoms with Crippen LogP contribution in [0.5, 0.6) is 0 Å². The molecule has 1 amide bonds. The highest BCUT2D eigenvalue weighted by Gasteiger charge is 2.38. The second-order valence-corrected chi connectivity index (χ2v) is 8.08. The summed E-state index contributed by atoms with van der Waals surface area (Å²) in [5.41, 5.74) is 4.35. The molecule has 0 unspecified atom stereocenters. The minimum atomic E-state index is -4.93. The third-order valence-corrected chi connectivity index (χ3v) is 5.52. The molecule has 2 N–H and O–H groups in total. The van der Waals surface area contributed by atoms with E-state index in [-0.39, 0.29) is 6.54 Å². The second-order valence-electron chi connectivity index (χ2n) is 8.08. The Morgan fingerprint density at radius 1 is 1.03 bits per heavy atom. The lowest BCUT2D eigenvalue weighted by Gasteiger charge is -2.26. The van der Waals surface area contributed by atoms with Crippen molar-refractivity contribution in [3.8, 4) is 22.5 Å². The molecule has 2 aromatic heterocycles.